The average molecular weight is 448 g/mol. The average Bonchev–Trinajstić information content (AvgIpc) is 2.82. The molecule has 2 amide bonds. The molecular formula is C26H29N3O4. The van der Waals surface area contributed by atoms with Gasteiger partial charge < -0.3 is 19.3 Å². The minimum atomic E-state index is -0.416. The monoisotopic (exact) mass is 447 g/mol. The van der Waals surface area contributed by atoms with Gasteiger partial charge in [0.05, 0.1) is 29.9 Å². The number of nitrogens with zero attached hydrogens (tertiary/aromatic N) is 3. The number of hydrogen-bond acceptors (Lipinski definition) is 5. The van der Waals surface area contributed by atoms with Crippen molar-refractivity contribution in [2.75, 3.05) is 40.4 Å². The number of ether oxygens (including phenoxy) is 2. The zero-order valence-electron chi connectivity index (χ0n) is 19.5. The summed E-state index contributed by atoms with van der Waals surface area (Å²) in [5.41, 5.74) is 3.95. The molecule has 7 nitrogen and oxygen atoms in total. The molecule has 0 bridgehead atoms. The lowest BCUT2D eigenvalue weighted by atomic mass is 10.0. The molecule has 172 valence electrons. The predicted molar refractivity (Wildman–Crippen MR) is 126 cm³/mol. The van der Waals surface area contributed by atoms with Gasteiger partial charge in [0.25, 0.3) is 11.8 Å². The van der Waals surface area contributed by atoms with E-state index >= 15 is 0 Å². The van der Waals surface area contributed by atoms with Crippen LogP contribution in [-0.2, 0) is 9.53 Å². The van der Waals surface area contributed by atoms with Gasteiger partial charge in [-0.25, -0.2) is 4.98 Å². The molecule has 1 aliphatic rings. The SMILES string of the molecule is Cc1cccc(C)c1OCC(=O)N1CCO[C@@H](c2cc(C(=O)N(C)C)c3ccccc3n2)C1. The van der Waals surface area contributed by atoms with Gasteiger partial charge in [0.15, 0.2) is 6.61 Å². The second-order valence-corrected chi connectivity index (χ2v) is 8.52. The number of carbonyl (C=O) groups excluding carboxylic acids is 2. The molecule has 1 aliphatic heterocycles. The number of aryl methyl sites for hydroxylation is 2. The van der Waals surface area contributed by atoms with Gasteiger partial charge in [0, 0.05) is 26.0 Å². The lowest BCUT2D eigenvalue weighted by Gasteiger charge is -2.33. The van der Waals surface area contributed by atoms with Crippen molar-refractivity contribution in [1.29, 1.82) is 0 Å². The van der Waals surface area contributed by atoms with E-state index in [0.717, 1.165) is 27.8 Å². The lowest BCUT2D eigenvalue weighted by molar-refractivity contribution is -0.141. The Morgan fingerprint density at radius 2 is 1.85 bits per heavy atom. The number of aromatic nitrogens is 1. The topological polar surface area (TPSA) is 72.0 Å². The molecule has 1 saturated heterocycles. The van der Waals surface area contributed by atoms with Crippen molar-refractivity contribution in [1.82, 2.24) is 14.8 Å². The number of benzene rings is 2. The summed E-state index contributed by atoms with van der Waals surface area (Å²) in [4.78, 5) is 33.8. The van der Waals surface area contributed by atoms with E-state index in [-0.39, 0.29) is 18.4 Å². The van der Waals surface area contributed by atoms with Crippen molar-refractivity contribution in [3.8, 4) is 5.75 Å². The van der Waals surface area contributed by atoms with Crippen LogP contribution in [0.1, 0.15) is 33.3 Å². The Morgan fingerprint density at radius 3 is 2.58 bits per heavy atom. The van der Waals surface area contributed by atoms with Gasteiger partial charge >= 0.3 is 0 Å². The summed E-state index contributed by atoms with van der Waals surface area (Å²) in [5, 5.41) is 0.797. The van der Waals surface area contributed by atoms with E-state index in [1.807, 2.05) is 56.3 Å². The van der Waals surface area contributed by atoms with Crippen LogP contribution >= 0.6 is 0 Å². The minimum Gasteiger partial charge on any atom is -0.483 e. The van der Waals surface area contributed by atoms with E-state index in [1.165, 1.54) is 0 Å². The Morgan fingerprint density at radius 1 is 1.12 bits per heavy atom. The summed E-state index contributed by atoms with van der Waals surface area (Å²) in [6, 6.07) is 15.3. The van der Waals surface area contributed by atoms with Gasteiger partial charge in [0.1, 0.15) is 11.9 Å². The van der Waals surface area contributed by atoms with Crippen LogP contribution in [0.5, 0.6) is 5.75 Å². The zero-order chi connectivity index (χ0) is 23.5. The highest BCUT2D eigenvalue weighted by Crippen LogP contribution is 2.27. The highest BCUT2D eigenvalue weighted by atomic mass is 16.5. The second kappa shape index (κ2) is 9.58. The van der Waals surface area contributed by atoms with Gasteiger partial charge in [-0.1, -0.05) is 36.4 Å². The predicted octanol–water partition coefficient (Wildman–Crippen LogP) is 3.53. The molecule has 0 radical (unpaired) electrons. The molecule has 33 heavy (non-hydrogen) atoms. The van der Waals surface area contributed by atoms with Crippen molar-refractivity contribution >= 4 is 22.7 Å². The molecule has 0 N–H and O–H groups in total. The van der Waals surface area contributed by atoms with Crippen LogP contribution in [0.4, 0.5) is 0 Å². The third-order valence-electron chi connectivity index (χ3n) is 5.87. The maximum Gasteiger partial charge on any atom is 0.260 e. The molecule has 0 aliphatic carbocycles. The van der Waals surface area contributed by atoms with Crippen molar-refractivity contribution in [2.45, 2.75) is 20.0 Å². The summed E-state index contributed by atoms with van der Waals surface area (Å²) in [6.07, 6.45) is -0.416. The summed E-state index contributed by atoms with van der Waals surface area (Å²) < 4.78 is 11.8. The Labute approximate surface area is 193 Å². The molecule has 2 aromatic carbocycles. The molecule has 3 aromatic rings. The second-order valence-electron chi connectivity index (χ2n) is 8.52. The van der Waals surface area contributed by atoms with E-state index in [2.05, 4.69) is 0 Å². The maximum atomic E-state index is 12.9. The van der Waals surface area contributed by atoms with Crippen molar-refractivity contribution in [3.05, 3.63) is 70.9 Å². The first-order chi connectivity index (χ1) is 15.8. The lowest BCUT2D eigenvalue weighted by Crippen LogP contribution is -2.44. The van der Waals surface area contributed by atoms with Gasteiger partial charge in [-0.2, -0.15) is 0 Å². The van der Waals surface area contributed by atoms with Gasteiger partial charge in [-0.05, 0) is 37.1 Å². The molecule has 1 fully saturated rings. The van der Waals surface area contributed by atoms with Crippen LogP contribution in [0.15, 0.2) is 48.5 Å². The van der Waals surface area contributed by atoms with Crippen LogP contribution in [0.25, 0.3) is 10.9 Å². The summed E-state index contributed by atoms with van der Waals surface area (Å²) >= 11 is 0. The fraction of sp³-hybridized carbons (Fsp3) is 0.346. The van der Waals surface area contributed by atoms with E-state index in [4.69, 9.17) is 14.5 Å². The van der Waals surface area contributed by atoms with E-state index < -0.39 is 6.10 Å². The number of carbonyl (C=O) groups is 2. The Kier molecular flexibility index (Phi) is 6.60. The first kappa shape index (κ1) is 22.7. The largest absolute Gasteiger partial charge is 0.483 e. The van der Waals surface area contributed by atoms with Gasteiger partial charge in [-0.3, -0.25) is 9.59 Å². The fourth-order valence-electron chi connectivity index (χ4n) is 4.09. The third kappa shape index (κ3) is 4.83. The number of fused-ring (bicyclic) bond motifs is 1. The molecule has 2 heterocycles. The van der Waals surface area contributed by atoms with Crippen molar-refractivity contribution in [2.24, 2.45) is 0 Å². The van der Waals surface area contributed by atoms with Crippen LogP contribution in [0.2, 0.25) is 0 Å². The van der Waals surface area contributed by atoms with Crippen molar-refractivity contribution < 1.29 is 19.1 Å². The summed E-state index contributed by atoms with van der Waals surface area (Å²) in [7, 11) is 3.45. The highest BCUT2D eigenvalue weighted by Gasteiger charge is 2.28. The minimum absolute atomic E-state index is 0.0338. The Balaban J connectivity index is 1.53. The van der Waals surface area contributed by atoms with E-state index in [1.54, 1.807) is 30.0 Å². The molecule has 4 rings (SSSR count). The standard InChI is InChI=1S/C26H29N3O4/c1-17-8-7-9-18(2)25(17)33-16-24(30)29-12-13-32-23(15-29)22-14-20(26(31)28(3)4)19-10-5-6-11-21(19)27-22/h5-11,14,23H,12-13,15-16H2,1-4H3/t23-/m1/s1. The number of morpholine rings is 1. The molecule has 7 heteroatoms. The number of amides is 2. The number of para-hydroxylation sites is 2. The molecule has 0 spiro atoms. The summed E-state index contributed by atoms with van der Waals surface area (Å²) in [5.74, 6) is 0.552. The molecule has 1 atom stereocenters. The molecular weight excluding hydrogens is 418 g/mol. The van der Waals surface area contributed by atoms with Gasteiger partial charge in [0.2, 0.25) is 0 Å². The molecule has 1 aromatic heterocycles. The van der Waals surface area contributed by atoms with Crippen LogP contribution < -0.4 is 4.74 Å². The maximum absolute atomic E-state index is 12.9. The zero-order valence-corrected chi connectivity index (χ0v) is 19.5. The Bertz CT molecular complexity index is 1170. The van der Waals surface area contributed by atoms with Crippen molar-refractivity contribution in [3.63, 3.8) is 0 Å². The normalized spacial score (nSPS) is 16.0. The summed E-state index contributed by atoms with van der Waals surface area (Å²) in [6.45, 7) is 5.14. The first-order valence-electron chi connectivity index (χ1n) is 11.0. The number of rotatable bonds is 5. The number of pyridine rings is 1. The highest BCUT2D eigenvalue weighted by molar-refractivity contribution is 6.06. The van der Waals surface area contributed by atoms with E-state index in [9.17, 15) is 9.59 Å². The Hall–Kier alpha value is -3.45. The fourth-order valence-corrected chi connectivity index (χ4v) is 4.09. The first-order valence-corrected chi connectivity index (χ1v) is 11.0. The smallest absolute Gasteiger partial charge is 0.260 e. The van der Waals surface area contributed by atoms with Crippen LogP contribution in [0.3, 0.4) is 0 Å². The van der Waals surface area contributed by atoms with E-state index in [0.29, 0.717) is 31.0 Å². The third-order valence-corrected chi connectivity index (χ3v) is 5.87. The number of hydrogen-bond donors (Lipinski definition) is 0. The van der Waals surface area contributed by atoms with Crippen LogP contribution in [-0.4, -0.2) is 67.0 Å². The van der Waals surface area contributed by atoms with Gasteiger partial charge in [-0.15, -0.1) is 0 Å². The quantitative estimate of drug-likeness (QED) is 0.598. The molecule has 0 saturated carbocycles. The van der Waals surface area contributed by atoms with Crippen LogP contribution in [0, 0.1) is 13.8 Å². The molecule has 0 unspecified atom stereocenters.